The summed E-state index contributed by atoms with van der Waals surface area (Å²) >= 11 is 0. The number of nitriles is 1. The van der Waals surface area contributed by atoms with Crippen LogP contribution in [0.5, 0.6) is 0 Å². The average molecular weight is 172 g/mol. The normalized spacial score (nSPS) is 19.6. The van der Waals surface area contributed by atoms with Crippen LogP contribution in [-0.2, 0) is 6.42 Å². The predicted molar refractivity (Wildman–Crippen MR) is 51.1 cm³/mol. The van der Waals surface area contributed by atoms with Gasteiger partial charge in [-0.05, 0) is 42.5 Å². The van der Waals surface area contributed by atoms with Crippen LogP contribution >= 0.6 is 0 Å². The Balaban J connectivity index is 2.68. The lowest BCUT2D eigenvalue weighted by atomic mass is 9.98. The van der Waals surface area contributed by atoms with E-state index in [0.717, 1.165) is 24.0 Å². The molecule has 2 nitrogen and oxygen atoms in total. The molecule has 0 saturated heterocycles. The Kier molecular flexibility index (Phi) is 1.82. The summed E-state index contributed by atoms with van der Waals surface area (Å²) in [6.07, 6.45) is 2.01. The molecule has 0 fully saturated rings. The Morgan fingerprint density at radius 2 is 2.31 bits per heavy atom. The van der Waals surface area contributed by atoms with Crippen LogP contribution in [0.4, 0.5) is 0 Å². The molecule has 0 heterocycles. The second-order valence-electron chi connectivity index (χ2n) is 3.58. The van der Waals surface area contributed by atoms with Gasteiger partial charge in [-0.2, -0.15) is 5.26 Å². The standard InChI is InChI=1S/C11H12N2/c1-7-2-3-8(6-12)11-9(7)4-5-10(11)13/h2-3,10H,4-5,13H2,1H3/t10-/m0/s1. The highest BCUT2D eigenvalue weighted by Crippen LogP contribution is 2.33. The van der Waals surface area contributed by atoms with Gasteiger partial charge in [0.15, 0.2) is 0 Å². The van der Waals surface area contributed by atoms with Gasteiger partial charge in [-0.25, -0.2) is 0 Å². The molecule has 0 aliphatic heterocycles. The minimum absolute atomic E-state index is 0.0737. The van der Waals surface area contributed by atoms with Crippen LogP contribution < -0.4 is 5.73 Å². The summed E-state index contributed by atoms with van der Waals surface area (Å²) in [6.45, 7) is 2.08. The van der Waals surface area contributed by atoms with Gasteiger partial charge < -0.3 is 5.73 Å². The number of aryl methyl sites for hydroxylation is 1. The predicted octanol–water partition coefficient (Wildman–Crippen LogP) is 1.81. The van der Waals surface area contributed by atoms with Crippen LogP contribution in [0, 0.1) is 18.3 Å². The first-order valence-electron chi connectivity index (χ1n) is 4.52. The minimum atomic E-state index is 0.0737. The smallest absolute Gasteiger partial charge is 0.0995 e. The molecule has 1 aromatic carbocycles. The second kappa shape index (κ2) is 2.86. The molecule has 1 aliphatic rings. The molecular formula is C11H12N2. The Morgan fingerprint density at radius 1 is 1.54 bits per heavy atom. The molecule has 1 aliphatic carbocycles. The van der Waals surface area contributed by atoms with Gasteiger partial charge in [-0.1, -0.05) is 6.07 Å². The number of hydrogen-bond acceptors (Lipinski definition) is 2. The second-order valence-corrected chi connectivity index (χ2v) is 3.58. The Labute approximate surface area is 78.0 Å². The summed E-state index contributed by atoms with van der Waals surface area (Å²) in [7, 11) is 0. The summed E-state index contributed by atoms with van der Waals surface area (Å²) in [5, 5.41) is 8.90. The highest BCUT2D eigenvalue weighted by Gasteiger charge is 2.23. The van der Waals surface area contributed by atoms with Crippen molar-refractivity contribution in [2.45, 2.75) is 25.8 Å². The van der Waals surface area contributed by atoms with E-state index in [9.17, 15) is 0 Å². The molecule has 2 rings (SSSR count). The number of rotatable bonds is 0. The summed E-state index contributed by atoms with van der Waals surface area (Å²) in [5.74, 6) is 0. The first kappa shape index (κ1) is 8.28. The van der Waals surface area contributed by atoms with E-state index in [1.165, 1.54) is 11.1 Å². The highest BCUT2D eigenvalue weighted by atomic mass is 14.6. The van der Waals surface area contributed by atoms with Crippen LogP contribution in [0.1, 0.15) is 34.7 Å². The third-order valence-corrected chi connectivity index (χ3v) is 2.79. The molecule has 0 unspecified atom stereocenters. The number of fused-ring (bicyclic) bond motifs is 1. The SMILES string of the molecule is Cc1ccc(C#N)c2c1CC[C@@H]2N. The topological polar surface area (TPSA) is 49.8 Å². The molecule has 0 spiro atoms. The fourth-order valence-corrected chi connectivity index (χ4v) is 2.07. The fourth-order valence-electron chi connectivity index (χ4n) is 2.07. The van der Waals surface area contributed by atoms with Crippen LogP contribution in [0.3, 0.4) is 0 Å². The Bertz CT molecular complexity index is 388. The molecular weight excluding hydrogens is 160 g/mol. The summed E-state index contributed by atoms with van der Waals surface area (Å²) < 4.78 is 0. The lowest BCUT2D eigenvalue weighted by molar-refractivity contribution is 0.712. The molecule has 2 N–H and O–H groups in total. The van der Waals surface area contributed by atoms with Crippen molar-refractivity contribution in [3.05, 3.63) is 34.4 Å². The summed E-state index contributed by atoms with van der Waals surface area (Å²) in [4.78, 5) is 0. The molecule has 0 bridgehead atoms. The van der Waals surface area contributed by atoms with Gasteiger partial charge in [0, 0.05) is 6.04 Å². The third-order valence-electron chi connectivity index (χ3n) is 2.79. The van der Waals surface area contributed by atoms with E-state index in [1.54, 1.807) is 0 Å². The van der Waals surface area contributed by atoms with Gasteiger partial charge in [-0.15, -0.1) is 0 Å². The molecule has 1 atom stereocenters. The number of nitrogens with zero attached hydrogens (tertiary/aromatic N) is 1. The zero-order chi connectivity index (χ0) is 9.42. The lowest BCUT2D eigenvalue weighted by Crippen LogP contribution is -2.07. The number of nitrogens with two attached hydrogens (primary N) is 1. The zero-order valence-corrected chi connectivity index (χ0v) is 7.67. The molecule has 0 radical (unpaired) electrons. The van der Waals surface area contributed by atoms with Gasteiger partial charge in [0.25, 0.3) is 0 Å². The van der Waals surface area contributed by atoms with E-state index < -0.39 is 0 Å². The first-order valence-corrected chi connectivity index (χ1v) is 4.52. The van der Waals surface area contributed by atoms with Crippen molar-refractivity contribution >= 4 is 0 Å². The van der Waals surface area contributed by atoms with Crippen molar-refractivity contribution in [1.82, 2.24) is 0 Å². The maximum Gasteiger partial charge on any atom is 0.0995 e. The fraction of sp³-hybridized carbons (Fsp3) is 0.364. The van der Waals surface area contributed by atoms with Crippen molar-refractivity contribution in [2.24, 2.45) is 5.73 Å². The van der Waals surface area contributed by atoms with Crippen molar-refractivity contribution in [3.63, 3.8) is 0 Å². The molecule has 2 heteroatoms. The van der Waals surface area contributed by atoms with E-state index in [4.69, 9.17) is 11.0 Å². The first-order chi connectivity index (χ1) is 6.24. The molecule has 0 aromatic heterocycles. The van der Waals surface area contributed by atoms with Gasteiger partial charge in [0.1, 0.15) is 0 Å². The average Bonchev–Trinajstić information content (AvgIpc) is 2.51. The van der Waals surface area contributed by atoms with Crippen molar-refractivity contribution < 1.29 is 0 Å². The van der Waals surface area contributed by atoms with Crippen LogP contribution in [0.15, 0.2) is 12.1 Å². The van der Waals surface area contributed by atoms with Crippen LogP contribution in [-0.4, -0.2) is 0 Å². The monoisotopic (exact) mass is 172 g/mol. The van der Waals surface area contributed by atoms with Gasteiger partial charge >= 0.3 is 0 Å². The molecule has 66 valence electrons. The van der Waals surface area contributed by atoms with E-state index in [0.29, 0.717) is 0 Å². The minimum Gasteiger partial charge on any atom is -0.324 e. The number of benzene rings is 1. The number of hydrogen-bond donors (Lipinski definition) is 1. The quantitative estimate of drug-likeness (QED) is 0.648. The lowest BCUT2D eigenvalue weighted by Gasteiger charge is -2.08. The maximum atomic E-state index is 8.90. The highest BCUT2D eigenvalue weighted by molar-refractivity contribution is 5.50. The van der Waals surface area contributed by atoms with Crippen molar-refractivity contribution in [1.29, 1.82) is 5.26 Å². The largest absolute Gasteiger partial charge is 0.324 e. The zero-order valence-electron chi connectivity index (χ0n) is 7.67. The Morgan fingerprint density at radius 3 is 3.00 bits per heavy atom. The van der Waals surface area contributed by atoms with Gasteiger partial charge in [0.05, 0.1) is 11.6 Å². The van der Waals surface area contributed by atoms with Crippen molar-refractivity contribution in [2.75, 3.05) is 0 Å². The van der Waals surface area contributed by atoms with Crippen LogP contribution in [0.25, 0.3) is 0 Å². The summed E-state index contributed by atoms with van der Waals surface area (Å²) in [5.41, 5.74) is 10.3. The molecule has 1 aromatic rings. The molecule has 13 heavy (non-hydrogen) atoms. The van der Waals surface area contributed by atoms with Crippen LogP contribution in [0.2, 0.25) is 0 Å². The van der Waals surface area contributed by atoms with E-state index in [2.05, 4.69) is 13.0 Å². The van der Waals surface area contributed by atoms with Gasteiger partial charge in [-0.3, -0.25) is 0 Å². The third kappa shape index (κ3) is 1.13. The van der Waals surface area contributed by atoms with Crippen molar-refractivity contribution in [3.8, 4) is 6.07 Å². The Hall–Kier alpha value is -1.33. The van der Waals surface area contributed by atoms with Gasteiger partial charge in [0.2, 0.25) is 0 Å². The van der Waals surface area contributed by atoms with E-state index in [1.807, 2.05) is 12.1 Å². The van der Waals surface area contributed by atoms with E-state index in [-0.39, 0.29) is 6.04 Å². The maximum absolute atomic E-state index is 8.90. The summed E-state index contributed by atoms with van der Waals surface area (Å²) in [6, 6.07) is 6.16. The molecule has 0 saturated carbocycles. The van der Waals surface area contributed by atoms with E-state index >= 15 is 0 Å². The molecule has 0 amide bonds.